The number of nitrogens with one attached hydrogen (secondary N) is 2. The molecule has 1 fully saturated rings. The highest BCUT2D eigenvalue weighted by Gasteiger charge is 2.13. The van der Waals surface area contributed by atoms with Crippen LogP contribution in [0, 0.1) is 0 Å². The van der Waals surface area contributed by atoms with Crippen molar-refractivity contribution in [3.05, 3.63) is 24.0 Å². The van der Waals surface area contributed by atoms with Gasteiger partial charge in [-0.3, -0.25) is 0 Å². The molecule has 2 heterocycles. The first-order valence-corrected chi connectivity index (χ1v) is 4.31. The van der Waals surface area contributed by atoms with E-state index in [-0.39, 0.29) is 0 Å². The maximum Gasteiger partial charge on any atom is 0.0162 e. The number of H-pyrrole nitrogens is 1. The molecule has 2 rings (SSSR count). The Labute approximate surface area is 67.0 Å². The molecule has 2 N–H and O–H groups in total. The van der Waals surface area contributed by atoms with E-state index in [9.17, 15) is 0 Å². The molecule has 2 nitrogen and oxygen atoms in total. The Morgan fingerprint density at radius 2 is 2.55 bits per heavy atom. The minimum absolute atomic E-state index is 0.716. The molecule has 1 atom stereocenters. The van der Waals surface area contributed by atoms with Gasteiger partial charge in [0.25, 0.3) is 0 Å². The molecule has 0 radical (unpaired) electrons. The van der Waals surface area contributed by atoms with Crippen LogP contribution in [0.3, 0.4) is 0 Å². The number of rotatable bonds is 2. The van der Waals surface area contributed by atoms with Crippen LogP contribution < -0.4 is 5.32 Å². The second kappa shape index (κ2) is 3.09. The van der Waals surface area contributed by atoms with E-state index in [1.54, 1.807) is 0 Å². The van der Waals surface area contributed by atoms with E-state index in [0.717, 1.165) is 6.42 Å². The molecule has 2 heteroatoms. The fourth-order valence-corrected chi connectivity index (χ4v) is 1.69. The van der Waals surface area contributed by atoms with Crippen molar-refractivity contribution < 1.29 is 0 Å². The van der Waals surface area contributed by atoms with Gasteiger partial charge in [-0.05, 0) is 31.5 Å². The van der Waals surface area contributed by atoms with E-state index < -0.39 is 0 Å². The Balaban J connectivity index is 1.90. The first-order valence-electron chi connectivity index (χ1n) is 4.31. The normalized spacial score (nSPS) is 24.2. The molecule has 11 heavy (non-hydrogen) atoms. The molecule has 0 aromatic carbocycles. The van der Waals surface area contributed by atoms with Crippen LogP contribution in [0.1, 0.15) is 18.5 Å². The third kappa shape index (κ3) is 1.63. The van der Waals surface area contributed by atoms with E-state index in [1.165, 1.54) is 25.1 Å². The molecule has 1 aromatic rings. The molecule has 0 aliphatic carbocycles. The quantitative estimate of drug-likeness (QED) is 0.653. The number of hydrogen-bond donors (Lipinski definition) is 2. The Kier molecular flexibility index (Phi) is 1.95. The predicted octanol–water partition coefficient (Wildman–Crippen LogP) is 1.31. The number of hydrogen-bond acceptors (Lipinski definition) is 1. The summed E-state index contributed by atoms with van der Waals surface area (Å²) >= 11 is 0. The average molecular weight is 150 g/mol. The van der Waals surface area contributed by atoms with Gasteiger partial charge in [0.2, 0.25) is 0 Å². The van der Waals surface area contributed by atoms with Crippen molar-refractivity contribution in [1.29, 1.82) is 0 Å². The second-order valence-corrected chi connectivity index (χ2v) is 3.19. The SMILES string of the molecule is c1c[nH]c(C[C@@H]2CCCN2)c1. The van der Waals surface area contributed by atoms with Crippen LogP contribution >= 0.6 is 0 Å². The van der Waals surface area contributed by atoms with Crippen LogP contribution in [0.4, 0.5) is 0 Å². The lowest BCUT2D eigenvalue weighted by Gasteiger charge is -2.07. The molecule has 1 aliphatic rings. The first kappa shape index (κ1) is 6.92. The van der Waals surface area contributed by atoms with Crippen molar-refractivity contribution in [2.45, 2.75) is 25.3 Å². The van der Waals surface area contributed by atoms with Crippen LogP contribution in [-0.2, 0) is 6.42 Å². The summed E-state index contributed by atoms with van der Waals surface area (Å²) in [6.45, 7) is 1.20. The molecule has 0 spiro atoms. The van der Waals surface area contributed by atoms with Gasteiger partial charge in [0, 0.05) is 24.4 Å². The Hall–Kier alpha value is -0.760. The molecule has 1 saturated heterocycles. The topological polar surface area (TPSA) is 27.8 Å². The summed E-state index contributed by atoms with van der Waals surface area (Å²) in [7, 11) is 0. The molecule has 60 valence electrons. The summed E-state index contributed by atoms with van der Waals surface area (Å²) in [5.41, 5.74) is 1.35. The van der Waals surface area contributed by atoms with Crippen molar-refractivity contribution in [3.63, 3.8) is 0 Å². The smallest absolute Gasteiger partial charge is 0.0162 e. The van der Waals surface area contributed by atoms with Crippen molar-refractivity contribution in [2.75, 3.05) is 6.54 Å². The fourth-order valence-electron chi connectivity index (χ4n) is 1.69. The standard InChI is InChI=1S/C9H14N2/c1-3-8(10-5-1)7-9-4-2-6-11-9/h1,3,5,9-11H,2,4,6-7H2/t9-/m0/s1. The Bertz CT molecular complexity index is 197. The zero-order valence-corrected chi connectivity index (χ0v) is 6.64. The van der Waals surface area contributed by atoms with Crippen LogP contribution in [-0.4, -0.2) is 17.6 Å². The van der Waals surface area contributed by atoms with Gasteiger partial charge in [0.1, 0.15) is 0 Å². The fraction of sp³-hybridized carbons (Fsp3) is 0.556. The van der Waals surface area contributed by atoms with Gasteiger partial charge in [-0.25, -0.2) is 0 Å². The summed E-state index contributed by atoms with van der Waals surface area (Å²) in [6, 6.07) is 4.93. The lowest BCUT2D eigenvalue weighted by atomic mass is 10.1. The first-order chi connectivity index (χ1) is 5.45. The van der Waals surface area contributed by atoms with Crippen LogP contribution in [0.25, 0.3) is 0 Å². The minimum Gasteiger partial charge on any atom is -0.365 e. The van der Waals surface area contributed by atoms with Gasteiger partial charge in [-0.1, -0.05) is 0 Å². The Morgan fingerprint density at radius 1 is 1.55 bits per heavy atom. The molecular formula is C9H14N2. The van der Waals surface area contributed by atoms with Gasteiger partial charge in [-0.2, -0.15) is 0 Å². The van der Waals surface area contributed by atoms with Gasteiger partial charge < -0.3 is 10.3 Å². The summed E-state index contributed by atoms with van der Waals surface area (Å²) in [4.78, 5) is 3.22. The maximum absolute atomic E-state index is 3.47. The van der Waals surface area contributed by atoms with Gasteiger partial charge in [-0.15, -0.1) is 0 Å². The molecular weight excluding hydrogens is 136 g/mol. The van der Waals surface area contributed by atoms with Crippen molar-refractivity contribution in [1.82, 2.24) is 10.3 Å². The third-order valence-corrected chi connectivity index (χ3v) is 2.29. The summed E-state index contributed by atoms with van der Waals surface area (Å²) < 4.78 is 0. The predicted molar refractivity (Wildman–Crippen MR) is 45.5 cm³/mol. The lowest BCUT2D eigenvalue weighted by molar-refractivity contribution is 0.597. The van der Waals surface area contributed by atoms with E-state index in [4.69, 9.17) is 0 Å². The minimum atomic E-state index is 0.716. The highest BCUT2D eigenvalue weighted by atomic mass is 14.9. The van der Waals surface area contributed by atoms with Crippen LogP contribution in [0.15, 0.2) is 18.3 Å². The van der Waals surface area contributed by atoms with E-state index >= 15 is 0 Å². The molecule has 0 unspecified atom stereocenters. The molecule has 0 bridgehead atoms. The molecule has 0 amide bonds. The van der Waals surface area contributed by atoms with E-state index in [1.807, 2.05) is 6.20 Å². The highest BCUT2D eigenvalue weighted by molar-refractivity contribution is 5.05. The average Bonchev–Trinajstić information content (AvgIpc) is 2.60. The molecule has 1 aromatic heterocycles. The van der Waals surface area contributed by atoms with Crippen LogP contribution in [0.5, 0.6) is 0 Å². The summed E-state index contributed by atoms with van der Waals surface area (Å²) in [6.07, 6.45) is 5.82. The van der Waals surface area contributed by atoms with Gasteiger partial charge in [0.15, 0.2) is 0 Å². The largest absolute Gasteiger partial charge is 0.365 e. The monoisotopic (exact) mass is 150 g/mol. The van der Waals surface area contributed by atoms with Crippen molar-refractivity contribution >= 4 is 0 Å². The van der Waals surface area contributed by atoms with E-state index in [0.29, 0.717) is 6.04 Å². The lowest BCUT2D eigenvalue weighted by Crippen LogP contribution is -2.23. The zero-order valence-electron chi connectivity index (χ0n) is 6.64. The van der Waals surface area contributed by atoms with Crippen LogP contribution in [0.2, 0.25) is 0 Å². The van der Waals surface area contributed by atoms with Gasteiger partial charge >= 0.3 is 0 Å². The molecule has 0 saturated carbocycles. The zero-order chi connectivity index (χ0) is 7.52. The maximum atomic E-state index is 3.47. The Morgan fingerprint density at radius 3 is 3.18 bits per heavy atom. The van der Waals surface area contributed by atoms with Gasteiger partial charge in [0.05, 0.1) is 0 Å². The highest BCUT2D eigenvalue weighted by Crippen LogP contribution is 2.09. The second-order valence-electron chi connectivity index (χ2n) is 3.19. The summed E-state index contributed by atoms with van der Waals surface area (Å²) in [5, 5.41) is 3.47. The third-order valence-electron chi connectivity index (χ3n) is 2.29. The van der Waals surface area contributed by atoms with E-state index in [2.05, 4.69) is 22.4 Å². The number of aromatic nitrogens is 1. The van der Waals surface area contributed by atoms with Crippen molar-refractivity contribution in [2.24, 2.45) is 0 Å². The summed E-state index contributed by atoms with van der Waals surface area (Å²) in [5.74, 6) is 0. The number of aromatic amines is 1. The van der Waals surface area contributed by atoms with Crippen molar-refractivity contribution in [3.8, 4) is 0 Å². The molecule has 1 aliphatic heterocycles.